The lowest BCUT2D eigenvalue weighted by Gasteiger charge is -2.26. The Morgan fingerprint density at radius 3 is 2.68 bits per heavy atom. The average molecular weight is 296 g/mol. The van der Waals surface area contributed by atoms with E-state index in [1.54, 1.807) is 0 Å². The van der Waals surface area contributed by atoms with Crippen LogP contribution in [0.25, 0.3) is 10.9 Å². The first-order chi connectivity index (χ1) is 10.3. The molecule has 1 aliphatic rings. The SMILES string of the molecule is C=C1CCC(n2cc(C)c3c(C(C)(C)C)cccc32)C(=O)N1. The number of aryl methyl sites for hydroxylation is 1. The Morgan fingerprint density at radius 2 is 2.05 bits per heavy atom. The zero-order valence-electron chi connectivity index (χ0n) is 13.9. The topological polar surface area (TPSA) is 34.0 Å². The molecule has 116 valence electrons. The summed E-state index contributed by atoms with van der Waals surface area (Å²) in [5.41, 5.74) is 4.63. The fourth-order valence-electron chi connectivity index (χ4n) is 3.42. The smallest absolute Gasteiger partial charge is 0.247 e. The number of hydrogen-bond donors (Lipinski definition) is 1. The molecule has 0 spiro atoms. The molecule has 3 heteroatoms. The fraction of sp³-hybridized carbons (Fsp3) is 0.421. The molecule has 1 aromatic carbocycles. The fourth-order valence-corrected chi connectivity index (χ4v) is 3.42. The van der Waals surface area contributed by atoms with Crippen molar-refractivity contribution in [3.05, 3.63) is 47.8 Å². The van der Waals surface area contributed by atoms with Gasteiger partial charge in [-0.1, -0.05) is 39.5 Å². The maximum absolute atomic E-state index is 12.3. The van der Waals surface area contributed by atoms with Gasteiger partial charge in [0.25, 0.3) is 0 Å². The van der Waals surface area contributed by atoms with Gasteiger partial charge in [-0.3, -0.25) is 4.79 Å². The van der Waals surface area contributed by atoms with Crippen LogP contribution in [-0.2, 0) is 10.2 Å². The van der Waals surface area contributed by atoms with E-state index >= 15 is 0 Å². The molecule has 0 aliphatic carbocycles. The summed E-state index contributed by atoms with van der Waals surface area (Å²) in [6.45, 7) is 12.7. The zero-order chi connectivity index (χ0) is 16.1. The summed E-state index contributed by atoms with van der Waals surface area (Å²) in [5.74, 6) is 0.0503. The lowest BCUT2D eigenvalue weighted by Crippen LogP contribution is -2.36. The van der Waals surface area contributed by atoms with Crippen LogP contribution >= 0.6 is 0 Å². The molecule has 1 amide bonds. The summed E-state index contributed by atoms with van der Waals surface area (Å²) in [6.07, 6.45) is 3.78. The molecule has 1 saturated heterocycles. The minimum absolute atomic E-state index is 0.0503. The molecule has 0 bridgehead atoms. The lowest BCUT2D eigenvalue weighted by atomic mass is 9.84. The first-order valence-corrected chi connectivity index (χ1v) is 7.88. The Bertz CT molecular complexity index is 762. The van der Waals surface area contributed by atoms with Crippen LogP contribution in [0.5, 0.6) is 0 Å². The second-order valence-corrected chi connectivity index (χ2v) is 7.32. The van der Waals surface area contributed by atoms with Gasteiger partial charge >= 0.3 is 0 Å². The van der Waals surface area contributed by atoms with E-state index in [1.165, 1.54) is 16.5 Å². The van der Waals surface area contributed by atoms with Gasteiger partial charge in [-0.15, -0.1) is 0 Å². The molecule has 1 atom stereocenters. The third-order valence-electron chi connectivity index (χ3n) is 4.51. The van der Waals surface area contributed by atoms with Gasteiger partial charge < -0.3 is 9.88 Å². The van der Waals surface area contributed by atoms with Crippen molar-refractivity contribution in [1.29, 1.82) is 0 Å². The molecule has 1 aliphatic heterocycles. The van der Waals surface area contributed by atoms with Crippen LogP contribution in [0.4, 0.5) is 0 Å². The van der Waals surface area contributed by atoms with Crippen molar-refractivity contribution in [2.75, 3.05) is 0 Å². The van der Waals surface area contributed by atoms with E-state index in [1.807, 2.05) is 0 Å². The molecule has 3 rings (SSSR count). The van der Waals surface area contributed by atoms with Gasteiger partial charge in [0.15, 0.2) is 0 Å². The highest BCUT2D eigenvalue weighted by Gasteiger charge is 2.28. The largest absolute Gasteiger partial charge is 0.335 e. The molecule has 1 fully saturated rings. The molecular weight excluding hydrogens is 272 g/mol. The second-order valence-electron chi connectivity index (χ2n) is 7.32. The van der Waals surface area contributed by atoms with Gasteiger partial charge in [0.2, 0.25) is 5.91 Å². The minimum Gasteiger partial charge on any atom is -0.335 e. The summed E-state index contributed by atoms with van der Waals surface area (Å²) in [4.78, 5) is 12.3. The predicted molar refractivity (Wildman–Crippen MR) is 90.9 cm³/mol. The van der Waals surface area contributed by atoms with Gasteiger partial charge in [-0.2, -0.15) is 0 Å². The molecule has 22 heavy (non-hydrogen) atoms. The van der Waals surface area contributed by atoms with Gasteiger partial charge in [0.05, 0.1) is 0 Å². The first-order valence-electron chi connectivity index (χ1n) is 7.88. The highest BCUT2D eigenvalue weighted by molar-refractivity contribution is 5.91. The van der Waals surface area contributed by atoms with Crippen molar-refractivity contribution in [2.45, 2.75) is 52.0 Å². The lowest BCUT2D eigenvalue weighted by molar-refractivity contribution is -0.124. The molecule has 1 unspecified atom stereocenters. The molecule has 1 aromatic heterocycles. The predicted octanol–water partition coefficient (Wildman–Crippen LogP) is 4.21. The van der Waals surface area contributed by atoms with Crippen LogP contribution in [0.1, 0.15) is 50.8 Å². The minimum atomic E-state index is -0.142. The number of piperidine rings is 1. The number of hydrogen-bond acceptors (Lipinski definition) is 1. The van der Waals surface area contributed by atoms with Crippen molar-refractivity contribution >= 4 is 16.8 Å². The number of rotatable bonds is 1. The number of benzene rings is 1. The van der Waals surface area contributed by atoms with Crippen molar-refractivity contribution in [3.63, 3.8) is 0 Å². The van der Waals surface area contributed by atoms with E-state index in [2.05, 4.69) is 68.6 Å². The Labute approximate surface area is 132 Å². The van der Waals surface area contributed by atoms with E-state index in [0.29, 0.717) is 0 Å². The molecule has 0 radical (unpaired) electrons. The Morgan fingerprint density at radius 1 is 1.32 bits per heavy atom. The summed E-state index contributed by atoms with van der Waals surface area (Å²) < 4.78 is 2.14. The number of carbonyl (C=O) groups is 1. The molecule has 0 saturated carbocycles. The van der Waals surface area contributed by atoms with Crippen LogP contribution in [0.2, 0.25) is 0 Å². The quantitative estimate of drug-likeness (QED) is 0.840. The molecule has 2 heterocycles. The molecule has 1 N–H and O–H groups in total. The van der Waals surface area contributed by atoms with E-state index < -0.39 is 0 Å². The monoisotopic (exact) mass is 296 g/mol. The highest BCUT2D eigenvalue weighted by Crippen LogP contribution is 2.35. The third kappa shape index (κ3) is 2.35. The number of amides is 1. The number of aromatic nitrogens is 1. The van der Waals surface area contributed by atoms with Crippen LogP contribution in [-0.4, -0.2) is 10.5 Å². The van der Waals surface area contributed by atoms with Crippen LogP contribution in [0.15, 0.2) is 36.7 Å². The molecule has 3 nitrogen and oxygen atoms in total. The average Bonchev–Trinajstić information content (AvgIpc) is 2.75. The van der Waals surface area contributed by atoms with E-state index in [-0.39, 0.29) is 17.4 Å². The molecular formula is C19H24N2O. The van der Waals surface area contributed by atoms with Crippen molar-refractivity contribution in [1.82, 2.24) is 9.88 Å². The normalized spacial score (nSPS) is 19.5. The van der Waals surface area contributed by atoms with E-state index in [0.717, 1.165) is 24.1 Å². The summed E-state index contributed by atoms with van der Waals surface area (Å²) in [6, 6.07) is 6.27. The maximum Gasteiger partial charge on any atom is 0.247 e. The van der Waals surface area contributed by atoms with Crippen LogP contribution in [0.3, 0.4) is 0 Å². The second kappa shape index (κ2) is 5.01. The zero-order valence-corrected chi connectivity index (χ0v) is 13.9. The number of fused-ring (bicyclic) bond motifs is 1. The van der Waals surface area contributed by atoms with Crippen molar-refractivity contribution in [2.24, 2.45) is 0 Å². The van der Waals surface area contributed by atoms with Gasteiger partial charge in [0, 0.05) is 22.8 Å². The number of nitrogens with one attached hydrogen (secondary N) is 1. The highest BCUT2D eigenvalue weighted by atomic mass is 16.2. The summed E-state index contributed by atoms with van der Waals surface area (Å²) in [7, 11) is 0. The van der Waals surface area contributed by atoms with Crippen LogP contribution < -0.4 is 5.32 Å². The Kier molecular flexibility index (Phi) is 3.39. The van der Waals surface area contributed by atoms with E-state index in [9.17, 15) is 4.79 Å². The number of carbonyl (C=O) groups excluding carboxylic acids is 1. The van der Waals surface area contributed by atoms with E-state index in [4.69, 9.17) is 0 Å². The summed E-state index contributed by atoms with van der Waals surface area (Å²) >= 11 is 0. The Hall–Kier alpha value is -2.03. The number of allylic oxidation sites excluding steroid dienone is 1. The van der Waals surface area contributed by atoms with Crippen molar-refractivity contribution < 1.29 is 4.79 Å². The van der Waals surface area contributed by atoms with Crippen molar-refractivity contribution in [3.8, 4) is 0 Å². The third-order valence-corrected chi connectivity index (χ3v) is 4.51. The maximum atomic E-state index is 12.3. The van der Waals surface area contributed by atoms with Gasteiger partial charge in [0.1, 0.15) is 6.04 Å². The van der Waals surface area contributed by atoms with Crippen LogP contribution in [0, 0.1) is 6.92 Å². The summed E-state index contributed by atoms with van der Waals surface area (Å²) in [5, 5.41) is 4.18. The van der Waals surface area contributed by atoms with Gasteiger partial charge in [-0.25, -0.2) is 0 Å². The molecule has 2 aromatic rings. The van der Waals surface area contributed by atoms with Gasteiger partial charge in [-0.05, 0) is 42.4 Å². The standard InChI is InChI=1S/C19H24N2O/c1-12-11-21(16-10-9-13(2)20-18(16)22)15-8-6-7-14(17(12)15)19(3,4)5/h6-8,11,16H,2,9-10H2,1,3-5H3,(H,20,22). The Balaban J connectivity index is 2.17. The number of nitrogens with zero attached hydrogens (tertiary/aromatic N) is 1. The first kappa shape index (κ1) is 14.9.